The van der Waals surface area contributed by atoms with Gasteiger partial charge < -0.3 is 18.9 Å². The molecule has 1 amide bonds. The standard InChI is InChI=1S/C21H17N5O4/c27-18-8-13(10-26(18)9-12-5-6-16-17(7-12)29-11-28-16)20-22-21(30-25-20)19-14-3-1-2-4-15(14)23-24-19/h1-7,13H,8-11H2,(H,23,24). The lowest BCUT2D eigenvalue weighted by molar-refractivity contribution is -0.128. The Morgan fingerprint density at radius 1 is 1.13 bits per heavy atom. The van der Waals surface area contributed by atoms with Crippen LogP contribution in [0.3, 0.4) is 0 Å². The Morgan fingerprint density at radius 3 is 3.00 bits per heavy atom. The zero-order valence-corrected chi connectivity index (χ0v) is 15.9. The van der Waals surface area contributed by atoms with E-state index in [1.165, 1.54) is 0 Å². The van der Waals surface area contributed by atoms with E-state index in [9.17, 15) is 4.79 Å². The van der Waals surface area contributed by atoms with Gasteiger partial charge in [-0.2, -0.15) is 10.1 Å². The van der Waals surface area contributed by atoms with Crippen LogP contribution in [0.2, 0.25) is 0 Å². The summed E-state index contributed by atoms with van der Waals surface area (Å²) in [6.45, 7) is 1.27. The molecule has 2 aromatic heterocycles. The van der Waals surface area contributed by atoms with Gasteiger partial charge in [-0.05, 0) is 23.8 Å². The van der Waals surface area contributed by atoms with Crippen molar-refractivity contribution >= 4 is 16.8 Å². The Kier molecular flexibility index (Phi) is 3.73. The van der Waals surface area contributed by atoms with Crippen LogP contribution in [0.25, 0.3) is 22.5 Å². The second-order valence-corrected chi connectivity index (χ2v) is 7.44. The monoisotopic (exact) mass is 403 g/mol. The fraction of sp³-hybridized carbons (Fsp3) is 0.238. The summed E-state index contributed by atoms with van der Waals surface area (Å²) in [4.78, 5) is 18.9. The van der Waals surface area contributed by atoms with Gasteiger partial charge >= 0.3 is 0 Å². The van der Waals surface area contributed by atoms with Crippen molar-refractivity contribution in [3.8, 4) is 23.1 Å². The predicted octanol–water partition coefficient (Wildman–Crippen LogP) is 2.86. The number of amides is 1. The number of nitrogens with one attached hydrogen (secondary N) is 1. The maximum Gasteiger partial charge on any atom is 0.279 e. The summed E-state index contributed by atoms with van der Waals surface area (Å²) < 4.78 is 16.2. The molecule has 0 saturated carbocycles. The molecule has 0 spiro atoms. The van der Waals surface area contributed by atoms with Crippen LogP contribution in [-0.2, 0) is 11.3 Å². The fourth-order valence-electron chi connectivity index (χ4n) is 3.98. The van der Waals surface area contributed by atoms with Crippen LogP contribution in [0.5, 0.6) is 11.5 Å². The molecule has 9 heteroatoms. The Bertz CT molecular complexity index is 1260. The van der Waals surface area contributed by atoms with E-state index in [0.717, 1.165) is 22.2 Å². The molecular weight excluding hydrogens is 386 g/mol. The average molecular weight is 403 g/mol. The quantitative estimate of drug-likeness (QED) is 0.558. The molecule has 6 rings (SSSR count). The number of H-pyrrole nitrogens is 1. The fourth-order valence-corrected chi connectivity index (χ4v) is 3.98. The molecule has 1 N–H and O–H groups in total. The highest BCUT2D eigenvalue weighted by Gasteiger charge is 2.34. The summed E-state index contributed by atoms with van der Waals surface area (Å²) in [5, 5.41) is 12.3. The molecule has 0 aliphatic carbocycles. The van der Waals surface area contributed by atoms with Crippen molar-refractivity contribution in [3.63, 3.8) is 0 Å². The van der Waals surface area contributed by atoms with Gasteiger partial charge in [0.25, 0.3) is 5.89 Å². The number of carbonyl (C=O) groups excluding carboxylic acids is 1. The SMILES string of the molecule is O=C1CC(c2noc(-c3n[nH]c4ccccc34)n2)CN1Cc1ccc2c(c1)OCO2. The highest BCUT2D eigenvalue weighted by Crippen LogP contribution is 2.34. The summed E-state index contributed by atoms with van der Waals surface area (Å²) in [5.74, 6) is 2.27. The molecule has 1 saturated heterocycles. The minimum absolute atomic E-state index is 0.0641. The maximum atomic E-state index is 12.6. The lowest BCUT2D eigenvalue weighted by Crippen LogP contribution is -2.24. The van der Waals surface area contributed by atoms with Gasteiger partial charge in [-0.3, -0.25) is 9.89 Å². The van der Waals surface area contributed by atoms with Gasteiger partial charge in [-0.25, -0.2) is 0 Å². The second-order valence-electron chi connectivity index (χ2n) is 7.44. The van der Waals surface area contributed by atoms with Gasteiger partial charge in [0.1, 0.15) is 0 Å². The molecule has 2 aliphatic rings. The highest BCUT2D eigenvalue weighted by atomic mass is 16.7. The first kappa shape index (κ1) is 17.0. The molecule has 0 bridgehead atoms. The number of carbonyl (C=O) groups is 1. The largest absolute Gasteiger partial charge is 0.454 e. The first-order valence-electron chi connectivity index (χ1n) is 9.68. The van der Waals surface area contributed by atoms with Crippen molar-refractivity contribution < 1.29 is 18.8 Å². The lowest BCUT2D eigenvalue weighted by Gasteiger charge is -2.16. The van der Waals surface area contributed by atoms with E-state index < -0.39 is 0 Å². The molecule has 0 radical (unpaired) electrons. The van der Waals surface area contributed by atoms with Gasteiger partial charge in [-0.15, -0.1) is 0 Å². The predicted molar refractivity (Wildman–Crippen MR) is 105 cm³/mol. The first-order chi connectivity index (χ1) is 14.7. The number of para-hydroxylation sites is 1. The molecule has 2 aromatic carbocycles. The number of aromatic amines is 1. The van der Waals surface area contributed by atoms with Crippen molar-refractivity contribution in [2.45, 2.75) is 18.9 Å². The normalized spacial score (nSPS) is 17.9. The van der Waals surface area contributed by atoms with Crippen LogP contribution in [-0.4, -0.2) is 44.5 Å². The molecule has 30 heavy (non-hydrogen) atoms. The number of likely N-dealkylation sites (tertiary alicyclic amines) is 1. The molecule has 1 fully saturated rings. The molecular formula is C21H17N5O4. The van der Waals surface area contributed by atoms with Crippen molar-refractivity contribution in [1.29, 1.82) is 0 Å². The van der Waals surface area contributed by atoms with Gasteiger partial charge in [0.15, 0.2) is 23.0 Å². The number of fused-ring (bicyclic) bond motifs is 2. The maximum absolute atomic E-state index is 12.6. The summed E-state index contributed by atoms with van der Waals surface area (Å²) in [5.41, 5.74) is 2.51. The van der Waals surface area contributed by atoms with E-state index in [4.69, 9.17) is 14.0 Å². The third-order valence-corrected chi connectivity index (χ3v) is 5.50. The topological polar surface area (TPSA) is 106 Å². The van der Waals surface area contributed by atoms with E-state index in [1.54, 1.807) is 0 Å². The number of nitrogens with zero attached hydrogens (tertiary/aromatic N) is 4. The van der Waals surface area contributed by atoms with Crippen LogP contribution < -0.4 is 9.47 Å². The van der Waals surface area contributed by atoms with Crippen molar-refractivity contribution in [3.05, 3.63) is 53.9 Å². The third kappa shape index (κ3) is 2.78. The van der Waals surface area contributed by atoms with Crippen LogP contribution in [0, 0.1) is 0 Å². The Labute approximate surface area is 170 Å². The second kappa shape index (κ2) is 6.58. The number of ether oxygens (including phenoxy) is 2. The number of hydrogen-bond acceptors (Lipinski definition) is 7. The van der Waals surface area contributed by atoms with Crippen molar-refractivity contribution in [2.75, 3.05) is 13.3 Å². The number of hydrogen-bond donors (Lipinski definition) is 1. The molecule has 1 unspecified atom stereocenters. The molecule has 2 aliphatic heterocycles. The number of aromatic nitrogens is 4. The van der Waals surface area contributed by atoms with Gasteiger partial charge in [0.2, 0.25) is 12.7 Å². The van der Waals surface area contributed by atoms with Gasteiger partial charge in [-0.1, -0.05) is 29.4 Å². The minimum atomic E-state index is -0.116. The summed E-state index contributed by atoms with van der Waals surface area (Å²) in [7, 11) is 0. The Hall–Kier alpha value is -3.88. The first-order valence-corrected chi connectivity index (χ1v) is 9.68. The summed E-state index contributed by atoms with van der Waals surface area (Å²) in [6.07, 6.45) is 0.352. The molecule has 1 atom stereocenters. The lowest BCUT2D eigenvalue weighted by atomic mass is 10.1. The molecule has 150 valence electrons. The van der Waals surface area contributed by atoms with E-state index in [0.29, 0.717) is 42.7 Å². The van der Waals surface area contributed by atoms with Gasteiger partial charge in [0.05, 0.1) is 5.52 Å². The third-order valence-electron chi connectivity index (χ3n) is 5.50. The van der Waals surface area contributed by atoms with Crippen LogP contribution in [0.4, 0.5) is 0 Å². The smallest absolute Gasteiger partial charge is 0.279 e. The molecule has 4 aromatic rings. The van der Waals surface area contributed by atoms with E-state index in [2.05, 4.69) is 20.3 Å². The van der Waals surface area contributed by atoms with Gasteiger partial charge in [0, 0.05) is 30.8 Å². The van der Waals surface area contributed by atoms with Crippen LogP contribution >= 0.6 is 0 Å². The van der Waals surface area contributed by atoms with E-state index in [1.807, 2.05) is 47.4 Å². The zero-order chi connectivity index (χ0) is 20.1. The summed E-state index contributed by atoms with van der Waals surface area (Å²) in [6, 6.07) is 13.5. The highest BCUT2D eigenvalue weighted by molar-refractivity contribution is 5.90. The average Bonchev–Trinajstić information content (AvgIpc) is 3.54. The number of rotatable bonds is 4. The Balaban J connectivity index is 1.20. The van der Waals surface area contributed by atoms with Crippen LogP contribution in [0.15, 0.2) is 47.0 Å². The minimum Gasteiger partial charge on any atom is -0.454 e. The Morgan fingerprint density at radius 2 is 2.03 bits per heavy atom. The van der Waals surface area contributed by atoms with E-state index >= 15 is 0 Å². The van der Waals surface area contributed by atoms with Crippen molar-refractivity contribution in [1.82, 2.24) is 25.2 Å². The molecule has 4 heterocycles. The number of benzene rings is 2. The van der Waals surface area contributed by atoms with E-state index in [-0.39, 0.29) is 18.6 Å². The van der Waals surface area contributed by atoms with Crippen molar-refractivity contribution in [2.24, 2.45) is 0 Å². The molecule has 9 nitrogen and oxygen atoms in total. The summed E-state index contributed by atoms with van der Waals surface area (Å²) >= 11 is 0. The zero-order valence-electron chi connectivity index (χ0n) is 15.9. The van der Waals surface area contributed by atoms with Crippen LogP contribution in [0.1, 0.15) is 23.7 Å².